The third-order valence-electron chi connectivity index (χ3n) is 5.23. The molecule has 0 aliphatic carbocycles. The predicted molar refractivity (Wildman–Crippen MR) is 110 cm³/mol. The van der Waals surface area contributed by atoms with Gasteiger partial charge in [0.25, 0.3) is 5.91 Å². The summed E-state index contributed by atoms with van der Waals surface area (Å²) in [5.74, 6) is -0.343. The minimum atomic E-state index is -0.367. The SMILES string of the molecule is Cc1cn2cc(C3=CN4C(=O)C=C(C5=CCNCC5)PC4C=C3)cc(F)c2n1. The second kappa shape index (κ2) is 6.80. The molecule has 28 heavy (non-hydrogen) atoms. The maximum atomic E-state index is 14.4. The van der Waals surface area contributed by atoms with Crippen LogP contribution in [0.1, 0.15) is 17.7 Å². The number of hydrogen-bond donors (Lipinski definition) is 1. The number of pyridine rings is 1. The van der Waals surface area contributed by atoms with E-state index in [1.807, 2.05) is 25.4 Å². The molecule has 0 radical (unpaired) electrons. The summed E-state index contributed by atoms with van der Waals surface area (Å²) in [5, 5.41) is 4.47. The maximum absolute atomic E-state index is 14.4. The number of carbonyl (C=O) groups excluding carboxylic acids is 1. The van der Waals surface area contributed by atoms with Gasteiger partial charge in [0.15, 0.2) is 11.5 Å². The van der Waals surface area contributed by atoms with Crippen LogP contribution >= 0.6 is 8.58 Å². The van der Waals surface area contributed by atoms with E-state index in [4.69, 9.17) is 0 Å². The molecule has 2 unspecified atom stereocenters. The number of allylic oxidation sites excluding steroid dienone is 3. The molecule has 3 aliphatic heterocycles. The van der Waals surface area contributed by atoms with E-state index in [-0.39, 0.29) is 17.5 Å². The maximum Gasteiger partial charge on any atom is 0.252 e. The van der Waals surface area contributed by atoms with Crippen molar-refractivity contribution in [1.82, 2.24) is 19.6 Å². The minimum Gasteiger partial charge on any atom is -0.313 e. The Morgan fingerprint density at radius 3 is 3.07 bits per heavy atom. The van der Waals surface area contributed by atoms with Crippen LogP contribution in [0.15, 0.2) is 59.9 Å². The molecule has 2 aromatic heterocycles. The van der Waals surface area contributed by atoms with Gasteiger partial charge < -0.3 is 14.6 Å². The summed E-state index contributed by atoms with van der Waals surface area (Å²) >= 11 is 0. The molecule has 2 atom stereocenters. The lowest BCUT2D eigenvalue weighted by atomic mass is 10.1. The van der Waals surface area contributed by atoms with Gasteiger partial charge in [-0.25, -0.2) is 9.37 Å². The average Bonchev–Trinajstić information content (AvgIpc) is 3.09. The molecule has 0 bridgehead atoms. The van der Waals surface area contributed by atoms with Crippen molar-refractivity contribution in [3.8, 4) is 0 Å². The van der Waals surface area contributed by atoms with E-state index in [2.05, 4.69) is 22.5 Å². The first-order chi connectivity index (χ1) is 13.6. The third-order valence-corrected chi connectivity index (χ3v) is 6.77. The van der Waals surface area contributed by atoms with Gasteiger partial charge >= 0.3 is 0 Å². The van der Waals surface area contributed by atoms with Gasteiger partial charge in [-0.1, -0.05) is 26.8 Å². The second-order valence-corrected chi connectivity index (χ2v) is 8.63. The van der Waals surface area contributed by atoms with E-state index in [1.54, 1.807) is 21.6 Å². The van der Waals surface area contributed by atoms with Crippen LogP contribution in [0.3, 0.4) is 0 Å². The average molecular weight is 394 g/mol. The van der Waals surface area contributed by atoms with Crippen LogP contribution in [0.4, 0.5) is 4.39 Å². The standard InChI is InChI=1S/C21H20FN4OP/c1-13-10-25-11-16(8-17(22)21(25)24-13)15-2-3-20-26(12-15)19(27)9-18(28-20)14-4-6-23-7-5-14/h2-4,8-12,20,23,28H,5-7H2,1H3. The highest BCUT2D eigenvalue weighted by atomic mass is 31.1. The summed E-state index contributed by atoms with van der Waals surface area (Å²) in [6, 6.07) is 1.48. The van der Waals surface area contributed by atoms with E-state index in [0.717, 1.165) is 41.7 Å². The fraction of sp³-hybridized carbons (Fsp3) is 0.238. The Balaban J connectivity index is 1.48. The molecule has 0 saturated carbocycles. The van der Waals surface area contributed by atoms with Crippen LogP contribution in [-0.4, -0.2) is 39.1 Å². The Morgan fingerprint density at radius 2 is 2.25 bits per heavy atom. The second-order valence-electron chi connectivity index (χ2n) is 7.21. The van der Waals surface area contributed by atoms with Crippen molar-refractivity contribution in [3.05, 3.63) is 76.9 Å². The van der Waals surface area contributed by atoms with Crippen LogP contribution in [0.5, 0.6) is 0 Å². The first-order valence-corrected chi connectivity index (χ1v) is 10.4. The number of aryl methyl sites for hydroxylation is 1. The molecular formula is C21H20FN4OP. The van der Waals surface area contributed by atoms with E-state index in [1.165, 1.54) is 11.6 Å². The van der Waals surface area contributed by atoms with E-state index in [0.29, 0.717) is 14.2 Å². The molecular weight excluding hydrogens is 374 g/mol. The van der Waals surface area contributed by atoms with Gasteiger partial charge in [0.1, 0.15) is 0 Å². The molecule has 142 valence electrons. The van der Waals surface area contributed by atoms with Gasteiger partial charge in [-0.2, -0.15) is 0 Å². The fourth-order valence-corrected chi connectivity index (χ4v) is 5.31. The number of nitrogens with one attached hydrogen (secondary N) is 1. The lowest BCUT2D eigenvalue weighted by Crippen LogP contribution is -2.36. The monoisotopic (exact) mass is 394 g/mol. The van der Waals surface area contributed by atoms with E-state index >= 15 is 0 Å². The molecule has 5 heterocycles. The zero-order valence-electron chi connectivity index (χ0n) is 15.4. The number of nitrogens with zero attached hydrogens (tertiary/aromatic N) is 3. The topological polar surface area (TPSA) is 49.6 Å². The summed E-state index contributed by atoms with van der Waals surface area (Å²) in [6.45, 7) is 3.66. The minimum absolute atomic E-state index is 0.0138. The summed E-state index contributed by atoms with van der Waals surface area (Å²) in [6.07, 6.45) is 14.5. The molecule has 3 aliphatic rings. The number of amides is 1. The number of hydrogen-bond acceptors (Lipinski definition) is 3. The van der Waals surface area contributed by atoms with Gasteiger partial charge in [-0.15, -0.1) is 0 Å². The summed E-state index contributed by atoms with van der Waals surface area (Å²) < 4.78 is 16.1. The highest BCUT2D eigenvalue weighted by Crippen LogP contribution is 2.44. The van der Waals surface area contributed by atoms with Crippen molar-refractivity contribution in [1.29, 1.82) is 0 Å². The van der Waals surface area contributed by atoms with Gasteiger partial charge in [0.2, 0.25) is 0 Å². The van der Waals surface area contributed by atoms with E-state index < -0.39 is 0 Å². The van der Waals surface area contributed by atoms with Crippen molar-refractivity contribution in [2.24, 2.45) is 0 Å². The predicted octanol–water partition coefficient (Wildman–Crippen LogP) is 3.34. The fourth-order valence-electron chi connectivity index (χ4n) is 3.84. The highest BCUT2D eigenvalue weighted by Gasteiger charge is 2.29. The first-order valence-electron chi connectivity index (χ1n) is 9.34. The van der Waals surface area contributed by atoms with Gasteiger partial charge in [0, 0.05) is 36.8 Å². The van der Waals surface area contributed by atoms with E-state index in [9.17, 15) is 9.18 Å². The molecule has 0 aromatic carbocycles. The number of carbonyl (C=O) groups is 1. The number of halogens is 1. The molecule has 7 heteroatoms. The number of aromatic nitrogens is 2. The number of fused-ring (bicyclic) bond motifs is 2. The molecule has 1 N–H and O–H groups in total. The van der Waals surface area contributed by atoms with Crippen LogP contribution in [0, 0.1) is 12.7 Å². The van der Waals surface area contributed by atoms with Gasteiger partial charge in [-0.3, -0.25) is 4.79 Å². The third kappa shape index (κ3) is 3.03. The summed E-state index contributed by atoms with van der Waals surface area (Å²) in [4.78, 5) is 18.7. The normalized spacial score (nSPS) is 22.9. The Hall–Kier alpha value is -2.56. The first kappa shape index (κ1) is 17.5. The van der Waals surface area contributed by atoms with Crippen molar-refractivity contribution < 1.29 is 9.18 Å². The van der Waals surface area contributed by atoms with Crippen molar-refractivity contribution in [3.63, 3.8) is 0 Å². The molecule has 2 aromatic rings. The smallest absolute Gasteiger partial charge is 0.252 e. The lowest BCUT2D eigenvalue weighted by Gasteiger charge is -2.34. The number of rotatable bonds is 2. The zero-order chi connectivity index (χ0) is 19.3. The molecule has 0 spiro atoms. The van der Waals surface area contributed by atoms with Crippen molar-refractivity contribution in [2.75, 3.05) is 13.1 Å². The molecule has 0 saturated heterocycles. The van der Waals surface area contributed by atoms with Crippen LogP contribution < -0.4 is 5.32 Å². The van der Waals surface area contributed by atoms with Crippen molar-refractivity contribution in [2.45, 2.75) is 19.1 Å². The Labute approximate surface area is 164 Å². The Bertz CT molecular complexity index is 1110. The van der Waals surface area contributed by atoms with Crippen LogP contribution in [0.25, 0.3) is 11.2 Å². The zero-order valence-corrected chi connectivity index (χ0v) is 16.4. The highest BCUT2D eigenvalue weighted by molar-refractivity contribution is 7.44. The molecule has 5 rings (SSSR count). The van der Waals surface area contributed by atoms with Crippen LogP contribution in [0.2, 0.25) is 0 Å². The Kier molecular flexibility index (Phi) is 4.26. The summed E-state index contributed by atoms with van der Waals surface area (Å²) in [7, 11) is 0.521. The quantitative estimate of drug-likeness (QED) is 0.795. The molecule has 5 nitrogen and oxygen atoms in total. The largest absolute Gasteiger partial charge is 0.313 e. The number of imidazole rings is 1. The molecule has 1 amide bonds. The van der Waals surface area contributed by atoms with Crippen LogP contribution in [-0.2, 0) is 4.79 Å². The Morgan fingerprint density at radius 1 is 1.36 bits per heavy atom. The summed E-state index contributed by atoms with van der Waals surface area (Å²) in [5.41, 5.74) is 3.92. The lowest BCUT2D eigenvalue weighted by molar-refractivity contribution is -0.123. The van der Waals surface area contributed by atoms with Gasteiger partial charge in [0.05, 0.1) is 11.5 Å². The van der Waals surface area contributed by atoms with Gasteiger partial charge in [-0.05, 0) is 42.4 Å². The van der Waals surface area contributed by atoms with Crippen molar-refractivity contribution >= 4 is 25.7 Å². The molecule has 0 fully saturated rings.